The van der Waals surface area contributed by atoms with Crippen LogP contribution in [0.15, 0.2) is 29.6 Å². The van der Waals surface area contributed by atoms with Crippen molar-refractivity contribution in [3.8, 4) is 0 Å². The summed E-state index contributed by atoms with van der Waals surface area (Å²) >= 11 is 1.12. The molecule has 0 radical (unpaired) electrons. The number of esters is 1. The average molecular weight is 759 g/mol. The summed E-state index contributed by atoms with van der Waals surface area (Å²) in [6.07, 6.45) is 2.91. The number of non-ortho nitro benzene ring substituents is 1. The molecule has 53 heavy (non-hydrogen) atoms. The smallest absolute Gasteiger partial charge is 0.306 e. The van der Waals surface area contributed by atoms with Gasteiger partial charge in [0.25, 0.3) is 11.6 Å². The average Bonchev–Trinajstić information content (AvgIpc) is 3.62. The van der Waals surface area contributed by atoms with Crippen molar-refractivity contribution >= 4 is 46.7 Å². The molecule has 1 aromatic heterocycles. The number of nitrogens with one attached hydrogen (secondary N) is 3. The van der Waals surface area contributed by atoms with Crippen molar-refractivity contribution in [2.75, 3.05) is 13.6 Å². The summed E-state index contributed by atoms with van der Waals surface area (Å²) in [5.74, 6) is -3.63. The number of likely N-dealkylation sites (N-methyl/N-ethyl adjacent to an activating group) is 1. The van der Waals surface area contributed by atoms with Gasteiger partial charge in [-0.25, -0.2) is 4.98 Å². The number of ether oxygens (including phenoxy) is 1. The lowest BCUT2D eigenvalue weighted by Crippen LogP contribution is -2.57. The number of aromatic nitrogens is 1. The Hall–Kier alpha value is -4.44. The van der Waals surface area contributed by atoms with E-state index >= 15 is 0 Å². The van der Waals surface area contributed by atoms with E-state index in [4.69, 9.17) is 4.74 Å². The molecule has 292 valence electrons. The van der Waals surface area contributed by atoms with Crippen LogP contribution >= 0.6 is 11.3 Å². The number of rotatable bonds is 19. The van der Waals surface area contributed by atoms with E-state index in [1.54, 1.807) is 24.1 Å². The molecular weight excluding hydrogens is 705 g/mol. The number of amides is 3. The Morgan fingerprint density at radius 3 is 2.32 bits per heavy atom. The molecule has 2 aromatic rings. The molecule has 15 nitrogen and oxygen atoms in total. The van der Waals surface area contributed by atoms with Crippen LogP contribution in [0.2, 0.25) is 0 Å². The highest BCUT2D eigenvalue weighted by Gasteiger charge is 2.36. The molecule has 0 saturated carbocycles. The van der Waals surface area contributed by atoms with Gasteiger partial charge in [-0.15, -0.1) is 11.3 Å². The molecule has 7 atom stereocenters. The molecule has 2 heterocycles. The number of nitro groups is 1. The third-order valence-corrected chi connectivity index (χ3v) is 10.8. The van der Waals surface area contributed by atoms with E-state index in [0.29, 0.717) is 23.4 Å². The van der Waals surface area contributed by atoms with Gasteiger partial charge < -0.3 is 30.7 Å². The van der Waals surface area contributed by atoms with E-state index in [0.717, 1.165) is 30.7 Å². The SMILES string of the molecule is CC[C@H](C)[C@H](NC(=O)[C@H]1CCCCN1)C(=O)N(C)[C@H](C[C@@H](OC(C)=O)c1nc(C(=O)N[C@@H](Cc2ccc([N+](=O)[O-])cc2)C[C@H](C)C(=O)O)cs1)C(C)C. The van der Waals surface area contributed by atoms with Crippen LogP contribution in [0.1, 0.15) is 107 Å². The molecule has 0 spiro atoms. The maximum atomic E-state index is 14.1. The summed E-state index contributed by atoms with van der Waals surface area (Å²) in [5.41, 5.74) is 0.627. The number of aliphatic carboxylic acids is 1. The zero-order valence-electron chi connectivity index (χ0n) is 31.6. The highest BCUT2D eigenvalue weighted by atomic mass is 32.1. The fraction of sp³-hybridized carbons (Fsp3) is 0.622. The van der Waals surface area contributed by atoms with E-state index in [1.165, 1.54) is 31.4 Å². The zero-order chi connectivity index (χ0) is 39.4. The summed E-state index contributed by atoms with van der Waals surface area (Å²) in [4.78, 5) is 81.5. The fourth-order valence-electron chi connectivity index (χ4n) is 6.45. The highest BCUT2D eigenvalue weighted by Crippen LogP contribution is 2.31. The summed E-state index contributed by atoms with van der Waals surface area (Å²) in [5, 5.41) is 31.6. The van der Waals surface area contributed by atoms with Crippen molar-refractivity contribution in [1.82, 2.24) is 25.8 Å². The summed E-state index contributed by atoms with van der Waals surface area (Å²) in [6.45, 7) is 11.3. The lowest BCUT2D eigenvalue weighted by molar-refractivity contribution is -0.384. The lowest BCUT2D eigenvalue weighted by Gasteiger charge is -2.37. The normalized spacial score (nSPS) is 17.8. The number of hydrogen-bond acceptors (Lipinski definition) is 11. The number of carbonyl (C=O) groups is 5. The van der Waals surface area contributed by atoms with Gasteiger partial charge >= 0.3 is 11.9 Å². The number of nitro benzene ring substituents is 1. The van der Waals surface area contributed by atoms with Gasteiger partial charge in [-0.2, -0.15) is 0 Å². The van der Waals surface area contributed by atoms with Gasteiger partial charge in [0.15, 0.2) is 6.10 Å². The number of nitrogens with zero attached hydrogens (tertiary/aromatic N) is 3. The van der Waals surface area contributed by atoms with Crippen LogP contribution in [0.4, 0.5) is 5.69 Å². The van der Waals surface area contributed by atoms with E-state index in [9.17, 15) is 39.2 Å². The van der Waals surface area contributed by atoms with Gasteiger partial charge in [0.05, 0.1) is 16.9 Å². The molecule has 1 fully saturated rings. The molecule has 16 heteroatoms. The van der Waals surface area contributed by atoms with Gasteiger partial charge in [0.2, 0.25) is 11.8 Å². The van der Waals surface area contributed by atoms with E-state index in [1.807, 2.05) is 27.7 Å². The van der Waals surface area contributed by atoms with Gasteiger partial charge in [-0.3, -0.25) is 34.1 Å². The predicted octanol–water partition coefficient (Wildman–Crippen LogP) is 4.65. The van der Waals surface area contributed by atoms with Gasteiger partial charge in [-0.05, 0) is 49.6 Å². The van der Waals surface area contributed by atoms with Crippen LogP contribution in [0.25, 0.3) is 0 Å². The second kappa shape index (κ2) is 20.1. The molecular formula is C37H54N6O9S. The number of piperidine rings is 1. The van der Waals surface area contributed by atoms with Gasteiger partial charge in [0, 0.05) is 50.0 Å². The lowest BCUT2D eigenvalue weighted by atomic mass is 9.92. The molecule has 1 aromatic carbocycles. The monoisotopic (exact) mass is 758 g/mol. The number of thiazole rings is 1. The largest absolute Gasteiger partial charge is 0.481 e. The minimum atomic E-state index is -1.03. The van der Waals surface area contributed by atoms with E-state index < -0.39 is 52.9 Å². The first-order chi connectivity index (χ1) is 25.0. The number of carbonyl (C=O) groups excluding carboxylic acids is 4. The molecule has 1 saturated heterocycles. The van der Waals surface area contributed by atoms with Gasteiger partial charge in [-0.1, -0.05) is 59.6 Å². The van der Waals surface area contributed by atoms with Crippen LogP contribution in [-0.4, -0.2) is 87.3 Å². The van der Waals surface area contributed by atoms with Crippen LogP contribution < -0.4 is 16.0 Å². The maximum Gasteiger partial charge on any atom is 0.306 e. The standard InChI is InChI=1S/C37H54N6O9S/c1-8-22(4)32(41-33(45)28-11-9-10-16-38-28)36(47)42(7)30(21(2)3)19-31(52-24(6)44)35-40-29(20-53-35)34(46)39-26(17-23(5)37(48)49)18-25-12-14-27(15-13-25)43(50)51/h12-15,20-23,26,28,30-32,38H,8-11,16-19H2,1-7H3,(H,39,46)(H,41,45)(H,48,49)/t22-,23-,26+,28+,30+,31+,32-/m0/s1. The zero-order valence-corrected chi connectivity index (χ0v) is 32.4. The minimum Gasteiger partial charge on any atom is -0.481 e. The minimum absolute atomic E-state index is 0.0419. The molecule has 0 aliphatic carbocycles. The number of carboxylic acid groups (broad SMARTS) is 1. The van der Waals surface area contributed by atoms with Crippen LogP contribution in [0.5, 0.6) is 0 Å². The Morgan fingerprint density at radius 2 is 1.77 bits per heavy atom. The topological polar surface area (TPSA) is 210 Å². The number of hydrogen-bond donors (Lipinski definition) is 4. The first kappa shape index (κ1) is 43.0. The van der Waals surface area contributed by atoms with Gasteiger partial charge in [0.1, 0.15) is 16.7 Å². The number of carboxylic acids is 1. The Morgan fingerprint density at radius 1 is 1.09 bits per heavy atom. The second-order valence-corrected chi connectivity index (χ2v) is 15.2. The summed E-state index contributed by atoms with van der Waals surface area (Å²) < 4.78 is 5.73. The Bertz CT molecular complexity index is 1580. The molecule has 0 bridgehead atoms. The molecule has 3 amide bonds. The Labute approximate surface area is 314 Å². The van der Waals surface area contributed by atoms with Crippen molar-refractivity contribution < 1.29 is 38.7 Å². The molecule has 1 aliphatic heterocycles. The molecule has 4 N–H and O–H groups in total. The van der Waals surface area contributed by atoms with Crippen molar-refractivity contribution in [1.29, 1.82) is 0 Å². The highest BCUT2D eigenvalue weighted by molar-refractivity contribution is 7.09. The first-order valence-corrected chi connectivity index (χ1v) is 19.1. The molecule has 3 rings (SSSR count). The first-order valence-electron chi connectivity index (χ1n) is 18.2. The Balaban J connectivity index is 1.81. The second-order valence-electron chi connectivity index (χ2n) is 14.3. The number of benzene rings is 1. The van der Waals surface area contributed by atoms with Crippen LogP contribution in [0.3, 0.4) is 0 Å². The third-order valence-electron chi connectivity index (χ3n) is 9.84. The maximum absolute atomic E-state index is 14.1. The van der Waals surface area contributed by atoms with Crippen molar-refractivity contribution in [2.45, 2.75) is 117 Å². The third kappa shape index (κ3) is 12.6. The molecule has 0 unspecified atom stereocenters. The predicted molar refractivity (Wildman–Crippen MR) is 199 cm³/mol. The Kier molecular flexibility index (Phi) is 16.3. The van der Waals surface area contributed by atoms with Crippen molar-refractivity contribution in [2.24, 2.45) is 17.8 Å². The fourth-order valence-corrected chi connectivity index (χ4v) is 7.29. The van der Waals surface area contributed by atoms with Crippen LogP contribution in [-0.2, 0) is 30.3 Å². The van der Waals surface area contributed by atoms with Crippen LogP contribution in [0, 0.1) is 27.9 Å². The van der Waals surface area contributed by atoms with E-state index in [2.05, 4.69) is 20.9 Å². The summed E-state index contributed by atoms with van der Waals surface area (Å²) in [6, 6.07) is 3.64. The van der Waals surface area contributed by atoms with E-state index in [-0.39, 0.29) is 60.3 Å². The quantitative estimate of drug-likeness (QED) is 0.0880. The van der Waals surface area contributed by atoms with Crippen molar-refractivity contribution in [3.63, 3.8) is 0 Å². The van der Waals surface area contributed by atoms with Crippen molar-refractivity contribution in [3.05, 3.63) is 56.0 Å². The molecule has 1 aliphatic rings. The summed E-state index contributed by atoms with van der Waals surface area (Å²) in [7, 11) is 1.68.